The zero-order chi connectivity index (χ0) is 21.4. The number of carbonyl (C=O) groups excluding carboxylic acids is 1. The second kappa shape index (κ2) is 6.83. The average molecular weight is 417 g/mol. The molecular formula is C29H36O2. The van der Waals surface area contributed by atoms with Crippen LogP contribution in [0.3, 0.4) is 0 Å². The Morgan fingerprint density at radius 1 is 1.19 bits per heavy atom. The molecule has 2 unspecified atom stereocenters. The molecule has 1 aromatic carbocycles. The molecule has 2 heteroatoms. The molecule has 6 rings (SSSR count). The molecule has 1 spiro atoms. The maximum Gasteiger partial charge on any atom is 0.139 e. The van der Waals surface area contributed by atoms with Crippen LogP contribution in [0.2, 0.25) is 0 Å². The van der Waals surface area contributed by atoms with E-state index in [1.54, 1.807) is 16.7 Å². The van der Waals surface area contributed by atoms with E-state index in [0.717, 1.165) is 45.1 Å². The highest BCUT2D eigenvalue weighted by Gasteiger charge is 2.64. The predicted molar refractivity (Wildman–Crippen MR) is 124 cm³/mol. The molecule has 5 aliphatic carbocycles. The monoisotopic (exact) mass is 416 g/mol. The molecule has 0 bridgehead atoms. The van der Waals surface area contributed by atoms with Crippen molar-refractivity contribution in [3.8, 4) is 0 Å². The fraction of sp³-hybridized carbons (Fsp3) is 0.621. The van der Waals surface area contributed by atoms with Gasteiger partial charge in [-0.1, -0.05) is 38.1 Å². The highest BCUT2D eigenvalue weighted by Crippen LogP contribution is 2.70. The minimum Gasteiger partial charge on any atom is -0.498 e. The zero-order valence-electron chi connectivity index (χ0n) is 19.4. The third-order valence-corrected chi connectivity index (χ3v) is 10.0. The first-order valence-electron chi connectivity index (χ1n) is 12.7. The Bertz CT molecular complexity index is 1000. The first-order valence-corrected chi connectivity index (χ1v) is 12.7. The third kappa shape index (κ3) is 2.60. The van der Waals surface area contributed by atoms with E-state index < -0.39 is 0 Å². The number of aryl methyl sites for hydroxylation is 1. The summed E-state index contributed by atoms with van der Waals surface area (Å²) < 4.78 is 5.98. The Morgan fingerprint density at radius 3 is 2.87 bits per heavy atom. The van der Waals surface area contributed by atoms with Crippen molar-refractivity contribution in [1.29, 1.82) is 0 Å². The highest BCUT2D eigenvalue weighted by molar-refractivity contribution is 5.87. The van der Waals surface area contributed by atoms with Crippen LogP contribution in [0.25, 0.3) is 0 Å². The number of Topliss-reactive ketones (excluding diaryl/α,β-unsaturated/α-hetero) is 1. The van der Waals surface area contributed by atoms with Gasteiger partial charge in [0.25, 0.3) is 0 Å². The Kier molecular flexibility index (Phi) is 4.37. The fourth-order valence-corrected chi connectivity index (χ4v) is 8.70. The second-order valence-corrected chi connectivity index (χ2v) is 11.1. The molecule has 0 amide bonds. The molecule has 2 nitrogen and oxygen atoms in total. The van der Waals surface area contributed by atoms with Gasteiger partial charge in [0, 0.05) is 23.7 Å². The number of fused-ring (bicyclic) bond motifs is 4. The van der Waals surface area contributed by atoms with Crippen LogP contribution in [0, 0.1) is 28.6 Å². The summed E-state index contributed by atoms with van der Waals surface area (Å²) in [5, 5.41) is 0. The molecule has 0 radical (unpaired) electrons. The SMILES string of the molecule is CCOC1=CC2=CC[C@@H]3C4C(C[C@]5(C)C(=O)CC[C@@H]35)c3ccc(CC)cc3C[C@]24CC1. The lowest BCUT2D eigenvalue weighted by atomic mass is 9.41. The Labute approximate surface area is 187 Å². The summed E-state index contributed by atoms with van der Waals surface area (Å²) in [5.41, 5.74) is 6.25. The number of allylic oxidation sites excluding steroid dienone is 4. The predicted octanol–water partition coefficient (Wildman–Crippen LogP) is 6.54. The van der Waals surface area contributed by atoms with Gasteiger partial charge in [0.05, 0.1) is 12.4 Å². The number of ketones is 1. The third-order valence-electron chi connectivity index (χ3n) is 10.0. The van der Waals surface area contributed by atoms with E-state index in [0.29, 0.717) is 29.5 Å². The summed E-state index contributed by atoms with van der Waals surface area (Å²) in [4.78, 5) is 13.1. The van der Waals surface area contributed by atoms with Gasteiger partial charge >= 0.3 is 0 Å². The number of ether oxygens (including phenoxy) is 1. The zero-order valence-corrected chi connectivity index (χ0v) is 19.4. The van der Waals surface area contributed by atoms with E-state index in [2.05, 4.69) is 51.1 Å². The molecule has 5 aliphatic rings. The maximum absolute atomic E-state index is 13.1. The summed E-state index contributed by atoms with van der Waals surface area (Å²) in [6, 6.07) is 7.28. The summed E-state index contributed by atoms with van der Waals surface area (Å²) >= 11 is 0. The van der Waals surface area contributed by atoms with Crippen LogP contribution in [0.5, 0.6) is 0 Å². The smallest absolute Gasteiger partial charge is 0.139 e. The van der Waals surface area contributed by atoms with E-state index >= 15 is 0 Å². The highest BCUT2D eigenvalue weighted by atomic mass is 16.5. The summed E-state index contributed by atoms with van der Waals surface area (Å²) in [6.07, 6.45) is 13.6. The lowest BCUT2D eigenvalue weighted by molar-refractivity contribution is -0.133. The number of rotatable bonds is 3. The molecule has 2 saturated carbocycles. The summed E-state index contributed by atoms with van der Waals surface area (Å²) in [5.74, 6) is 4.15. The Hall–Kier alpha value is -1.83. The van der Waals surface area contributed by atoms with Crippen LogP contribution < -0.4 is 0 Å². The van der Waals surface area contributed by atoms with Crippen LogP contribution in [-0.2, 0) is 22.4 Å². The van der Waals surface area contributed by atoms with E-state index in [9.17, 15) is 4.79 Å². The molecular weight excluding hydrogens is 380 g/mol. The van der Waals surface area contributed by atoms with Gasteiger partial charge in [0.1, 0.15) is 5.78 Å². The standard InChI is InChI=1S/C29H36O2/c1-4-18-6-8-22-19(14-18)16-29-13-12-21(31-5-2)15-20(29)7-9-23-25-10-11-26(30)28(25,3)17-24(22)27(23)29/h6-8,14-15,23-25,27H,4-5,9-13,16-17H2,1-3H3/t23-,24?,25-,27?,28-,29+/m0/s1. The van der Waals surface area contributed by atoms with Crippen LogP contribution in [0.1, 0.15) is 81.9 Å². The molecule has 6 atom stereocenters. The van der Waals surface area contributed by atoms with Crippen molar-refractivity contribution >= 4 is 5.78 Å². The molecule has 0 heterocycles. The van der Waals surface area contributed by atoms with Gasteiger partial charge in [-0.05, 0) is 97.5 Å². The topological polar surface area (TPSA) is 26.3 Å². The Morgan fingerprint density at radius 2 is 2.06 bits per heavy atom. The van der Waals surface area contributed by atoms with Gasteiger partial charge in [0.2, 0.25) is 0 Å². The van der Waals surface area contributed by atoms with Crippen LogP contribution in [0.4, 0.5) is 0 Å². The van der Waals surface area contributed by atoms with Gasteiger partial charge in [-0.25, -0.2) is 0 Å². The normalized spacial score (nSPS) is 40.2. The fourth-order valence-electron chi connectivity index (χ4n) is 8.70. The lowest BCUT2D eigenvalue weighted by Crippen LogP contribution is -2.56. The Balaban J connectivity index is 1.54. The van der Waals surface area contributed by atoms with E-state index in [1.807, 2.05) is 0 Å². The van der Waals surface area contributed by atoms with Crippen LogP contribution in [0.15, 0.2) is 41.7 Å². The van der Waals surface area contributed by atoms with Gasteiger partial charge in [-0.3, -0.25) is 4.79 Å². The molecule has 0 N–H and O–H groups in total. The van der Waals surface area contributed by atoms with E-state index in [4.69, 9.17) is 4.74 Å². The molecule has 2 fully saturated rings. The molecule has 0 aromatic heterocycles. The van der Waals surface area contributed by atoms with Crippen LogP contribution in [-0.4, -0.2) is 12.4 Å². The van der Waals surface area contributed by atoms with Crippen molar-refractivity contribution in [1.82, 2.24) is 0 Å². The number of hydrogen-bond donors (Lipinski definition) is 0. The molecule has 0 saturated heterocycles. The van der Waals surface area contributed by atoms with Crippen molar-refractivity contribution in [2.75, 3.05) is 6.61 Å². The first kappa shape index (κ1) is 19.8. The molecule has 164 valence electrons. The summed E-state index contributed by atoms with van der Waals surface area (Å²) in [6.45, 7) is 7.42. The van der Waals surface area contributed by atoms with Crippen molar-refractivity contribution in [2.45, 2.75) is 78.1 Å². The molecule has 0 aliphatic heterocycles. The van der Waals surface area contributed by atoms with Gasteiger partial charge in [-0.2, -0.15) is 0 Å². The van der Waals surface area contributed by atoms with Crippen molar-refractivity contribution in [2.24, 2.45) is 28.6 Å². The maximum atomic E-state index is 13.1. The average Bonchev–Trinajstić information content (AvgIpc) is 3.07. The number of carbonyl (C=O) groups is 1. The number of hydrogen-bond acceptors (Lipinski definition) is 2. The lowest BCUT2D eigenvalue weighted by Gasteiger charge is -2.62. The van der Waals surface area contributed by atoms with Crippen molar-refractivity contribution in [3.05, 3.63) is 58.4 Å². The summed E-state index contributed by atoms with van der Waals surface area (Å²) in [7, 11) is 0. The molecule has 31 heavy (non-hydrogen) atoms. The van der Waals surface area contributed by atoms with Crippen molar-refractivity contribution in [3.63, 3.8) is 0 Å². The van der Waals surface area contributed by atoms with Crippen molar-refractivity contribution < 1.29 is 9.53 Å². The molecule has 1 aromatic rings. The van der Waals surface area contributed by atoms with Gasteiger partial charge in [0.15, 0.2) is 0 Å². The van der Waals surface area contributed by atoms with Gasteiger partial charge in [-0.15, -0.1) is 0 Å². The van der Waals surface area contributed by atoms with E-state index in [1.165, 1.54) is 24.2 Å². The largest absolute Gasteiger partial charge is 0.498 e. The van der Waals surface area contributed by atoms with Gasteiger partial charge < -0.3 is 4.74 Å². The minimum absolute atomic E-state index is 0.114. The number of benzene rings is 1. The quantitative estimate of drug-likeness (QED) is 0.559. The van der Waals surface area contributed by atoms with E-state index in [-0.39, 0.29) is 10.8 Å². The first-order chi connectivity index (χ1) is 15.0. The minimum atomic E-state index is -0.114. The van der Waals surface area contributed by atoms with Crippen LogP contribution >= 0.6 is 0 Å². The second-order valence-electron chi connectivity index (χ2n) is 11.1.